The Morgan fingerprint density at radius 2 is 1.78 bits per heavy atom. The van der Waals surface area contributed by atoms with Crippen molar-refractivity contribution in [2.24, 2.45) is 13.0 Å². The van der Waals surface area contributed by atoms with Crippen molar-refractivity contribution < 1.29 is 66.2 Å². The first kappa shape index (κ1) is 30.2. The number of nitrogens with one attached hydrogen (secondary N) is 1. The monoisotopic (exact) mass is 730 g/mol. The minimum absolute atomic E-state index is 0. The third-order valence-electron chi connectivity index (χ3n) is 7.59. The number of anilines is 1. The number of benzene rings is 2. The summed E-state index contributed by atoms with van der Waals surface area (Å²) in [6.45, 7) is 5.19. The Kier molecular flexibility index (Phi) is 10.3. The summed E-state index contributed by atoms with van der Waals surface area (Å²) in [6.07, 6.45) is 3.53. The van der Waals surface area contributed by atoms with Gasteiger partial charge in [0.2, 0.25) is 11.1 Å². The van der Waals surface area contributed by atoms with Gasteiger partial charge in [-0.1, -0.05) is 12.1 Å². The van der Waals surface area contributed by atoms with Crippen LogP contribution in [0, 0.1) is 5.92 Å². The minimum Gasteiger partial charge on any atom is -1.00 e. The van der Waals surface area contributed by atoms with Crippen LogP contribution < -0.4 is 62.6 Å². The molecule has 1 N–H and O–H groups in total. The van der Waals surface area contributed by atoms with Gasteiger partial charge >= 0.3 is 0 Å². The maximum atomic E-state index is 6.47. The first-order valence-electron chi connectivity index (χ1n) is 12.9. The number of hydrogen-bond donors (Lipinski definition) is 1. The Bertz CT molecular complexity index is 1340. The van der Waals surface area contributed by atoms with Gasteiger partial charge in [-0.15, -0.1) is 0 Å². The van der Waals surface area contributed by atoms with Gasteiger partial charge in [0, 0.05) is 31.4 Å². The van der Waals surface area contributed by atoms with Crippen LogP contribution in [0.25, 0.3) is 33.0 Å². The zero-order valence-electron chi connectivity index (χ0n) is 22.7. The molecule has 6 nitrogen and oxygen atoms in total. The Labute approximate surface area is 254 Å². The number of likely N-dealkylation sites (tertiary alicyclic amines) is 1. The highest BCUT2D eigenvalue weighted by Gasteiger charge is 2.27. The predicted molar refractivity (Wildman–Crippen MR) is 144 cm³/mol. The van der Waals surface area contributed by atoms with E-state index in [2.05, 4.69) is 92.5 Å². The Morgan fingerprint density at radius 3 is 2.51 bits per heavy atom. The minimum atomic E-state index is 0. The lowest BCUT2D eigenvalue weighted by atomic mass is 9.97. The summed E-state index contributed by atoms with van der Waals surface area (Å²) in [7, 11) is 11.0. The Morgan fingerprint density at radius 1 is 1.05 bits per heavy atom. The number of quaternary nitrogens is 1. The van der Waals surface area contributed by atoms with Gasteiger partial charge in [0.15, 0.2) is 0 Å². The van der Waals surface area contributed by atoms with Gasteiger partial charge in [-0.2, -0.15) is 4.57 Å². The van der Waals surface area contributed by atoms with Crippen LogP contribution in [0.15, 0.2) is 46.9 Å². The maximum absolute atomic E-state index is 6.47. The lowest BCUT2D eigenvalue weighted by Crippen LogP contribution is -3.00. The van der Waals surface area contributed by atoms with E-state index < -0.39 is 0 Å². The second-order valence-electron chi connectivity index (χ2n) is 11.1. The second-order valence-corrected chi connectivity index (χ2v) is 11.1. The van der Waals surface area contributed by atoms with E-state index in [1.54, 1.807) is 0 Å². The SMILES string of the molecule is CN(C)CCCNc1c2ccccc2[n+](C)c2c1oc1ccc(OCC3CC[N+](C)(C)CC3)cc12.[I-].[I-]. The van der Waals surface area contributed by atoms with Crippen molar-refractivity contribution in [2.75, 3.05) is 66.3 Å². The number of aromatic nitrogens is 1. The van der Waals surface area contributed by atoms with Crippen molar-refractivity contribution in [2.45, 2.75) is 19.3 Å². The molecule has 1 fully saturated rings. The molecule has 0 bridgehead atoms. The number of halogens is 2. The second kappa shape index (κ2) is 12.7. The van der Waals surface area contributed by atoms with Gasteiger partial charge < -0.3 is 71.8 Å². The number of hydrogen-bond acceptors (Lipinski definition) is 4. The molecule has 1 saturated heterocycles. The highest BCUT2D eigenvalue weighted by molar-refractivity contribution is 6.11. The number of para-hydroxylation sites is 1. The Hall–Kier alpha value is -1.37. The number of aryl methyl sites for hydroxylation is 1. The average molecular weight is 730 g/mol. The third kappa shape index (κ3) is 6.62. The molecule has 0 spiro atoms. The van der Waals surface area contributed by atoms with Gasteiger partial charge in [0.25, 0.3) is 5.52 Å². The van der Waals surface area contributed by atoms with E-state index in [1.807, 2.05) is 0 Å². The molecule has 2 aromatic heterocycles. The molecule has 1 aliphatic rings. The first-order chi connectivity index (χ1) is 16.8. The third-order valence-corrected chi connectivity index (χ3v) is 7.59. The average Bonchev–Trinajstić information content (AvgIpc) is 3.21. The highest BCUT2D eigenvalue weighted by Crippen LogP contribution is 2.37. The molecular weight excluding hydrogens is 690 g/mol. The van der Waals surface area contributed by atoms with Gasteiger partial charge in [-0.05, 0) is 51.3 Å². The number of fused-ring (bicyclic) bond motifs is 4. The summed E-state index contributed by atoms with van der Waals surface area (Å²) < 4.78 is 16.2. The fourth-order valence-electron chi connectivity index (χ4n) is 5.36. The van der Waals surface area contributed by atoms with Gasteiger partial charge in [0.05, 0.1) is 50.3 Å². The molecule has 5 rings (SSSR count). The number of rotatable bonds is 8. The number of piperidine rings is 1. The molecule has 1 aliphatic heterocycles. The van der Waals surface area contributed by atoms with Gasteiger partial charge in [-0.25, -0.2) is 0 Å². The number of ether oxygens (including phenoxy) is 1. The van der Waals surface area contributed by atoms with E-state index in [0.29, 0.717) is 5.92 Å². The number of furan rings is 1. The summed E-state index contributed by atoms with van der Waals surface area (Å²) in [4.78, 5) is 2.22. The maximum Gasteiger partial charge on any atom is 0.261 e. The van der Waals surface area contributed by atoms with Gasteiger partial charge in [0.1, 0.15) is 18.4 Å². The summed E-state index contributed by atoms with van der Waals surface area (Å²) in [6, 6.07) is 14.8. The molecule has 202 valence electrons. The van der Waals surface area contributed by atoms with E-state index in [1.165, 1.54) is 36.8 Å². The van der Waals surface area contributed by atoms with Crippen LogP contribution in [-0.2, 0) is 7.05 Å². The van der Waals surface area contributed by atoms with Crippen LogP contribution in [0.4, 0.5) is 5.69 Å². The number of nitrogens with zero attached hydrogens (tertiary/aromatic N) is 3. The van der Waals surface area contributed by atoms with E-state index in [4.69, 9.17) is 9.15 Å². The summed E-state index contributed by atoms with van der Waals surface area (Å²) in [5.41, 5.74) is 5.18. The topological polar surface area (TPSA) is 41.5 Å². The van der Waals surface area contributed by atoms with Crippen LogP contribution in [0.2, 0.25) is 0 Å². The molecule has 0 unspecified atom stereocenters. The molecule has 4 aromatic rings. The van der Waals surface area contributed by atoms with E-state index >= 15 is 0 Å². The molecule has 2 aromatic carbocycles. The Balaban J connectivity index is 0.00000190. The quantitative estimate of drug-likeness (QED) is 0.107. The molecule has 0 aliphatic carbocycles. The smallest absolute Gasteiger partial charge is 0.261 e. The van der Waals surface area contributed by atoms with Crippen LogP contribution >= 0.6 is 0 Å². The first-order valence-corrected chi connectivity index (χ1v) is 12.9. The number of pyridine rings is 1. The largest absolute Gasteiger partial charge is 1.00 e. The van der Waals surface area contributed by atoms with Crippen molar-refractivity contribution in [3.8, 4) is 5.75 Å². The standard InChI is InChI=1S/C29H39N4O2.2HI/c1-31(2)16-8-15-30-27-23-9-6-7-10-25(23)32(3)28-24-19-22(11-12-26(24)35-29(27)28)34-20-21-13-17-33(4,5)18-14-21;;/h6-7,9-12,19,21H,8,13-18,20H2,1-5H3;2*1H/q+1;;/p-1. The zero-order valence-corrected chi connectivity index (χ0v) is 27.0. The van der Waals surface area contributed by atoms with Crippen LogP contribution in [0.3, 0.4) is 0 Å². The highest BCUT2D eigenvalue weighted by atomic mass is 127. The molecule has 0 atom stereocenters. The molecular formula is C29H40I2N4O2. The van der Waals surface area contributed by atoms with Crippen molar-refractivity contribution in [1.82, 2.24) is 4.90 Å². The molecule has 3 heterocycles. The lowest BCUT2D eigenvalue weighted by molar-refractivity contribution is -0.896. The fraction of sp³-hybridized carbons (Fsp3) is 0.483. The molecule has 8 heteroatoms. The van der Waals surface area contributed by atoms with E-state index in [0.717, 1.165) is 64.1 Å². The van der Waals surface area contributed by atoms with Crippen molar-refractivity contribution in [3.63, 3.8) is 0 Å². The van der Waals surface area contributed by atoms with Crippen molar-refractivity contribution in [3.05, 3.63) is 42.5 Å². The zero-order chi connectivity index (χ0) is 24.6. The predicted octanol–water partition coefficient (Wildman–Crippen LogP) is -1.20. The molecule has 0 saturated carbocycles. The van der Waals surface area contributed by atoms with Crippen LogP contribution in [-0.4, -0.2) is 70.4 Å². The summed E-state index contributed by atoms with van der Waals surface area (Å²) in [5.74, 6) is 1.56. The van der Waals surface area contributed by atoms with Crippen molar-refractivity contribution in [1.29, 1.82) is 0 Å². The van der Waals surface area contributed by atoms with Crippen LogP contribution in [0.5, 0.6) is 5.75 Å². The van der Waals surface area contributed by atoms with E-state index in [9.17, 15) is 0 Å². The van der Waals surface area contributed by atoms with E-state index in [-0.39, 0.29) is 48.0 Å². The van der Waals surface area contributed by atoms with Gasteiger partial charge in [-0.3, -0.25) is 0 Å². The van der Waals surface area contributed by atoms with Crippen LogP contribution in [0.1, 0.15) is 19.3 Å². The fourth-order valence-corrected chi connectivity index (χ4v) is 5.36. The normalized spacial score (nSPS) is 15.6. The summed E-state index contributed by atoms with van der Waals surface area (Å²) >= 11 is 0. The molecule has 0 amide bonds. The molecule has 0 radical (unpaired) electrons. The molecule has 37 heavy (non-hydrogen) atoms. The van der Waals surface area contributed by atoms with Crippen molar-refractivity contribution >= 4 is 38.7 Å². The summed E-state index contributed by atoms with van der Waals surface area (Å²) in [5, 5.41) is 5.98. The lowest BCUT2D eigenvalue weighted by Gasteiger charge is -2.37.